The van der Waals surface area contributed by atoms with E-state index in [1.54, 1.807) is 24.7 Å². The van der Waals surface area contributed by atoms with E-state index in [-0.39, 0.29) is 18.8 Å². The van der Waals surface area contributed by atoms with E-state index in [9.17, 15) is 5.11 Å². The maximum absolute atomic E-state index is 9.47. The summed E-state index contributed by atoms with van der Waals surface area (Å²) in [4.78, 5) is 11.0. The van der Waals surface area contributed by atoms with E-state index in [2.05, 4.69) is 70.3 Å². The zero-order chi connectivity index (χ0) is 35.1. The summed E-state index contributed by atoms with van der Waals surface area (Å²) in [5, 5.41) is 14.5. The van der Waals surface area contributed by atoms with Crippen molar-refractivity contribution in [2.24, 2.45) is 0 Å². The Morgan fingerprint density at radius 1 is 1.06 bits per heavy atom. The van der Waals surface area contributed by atoms with Crippen molar-refractivity contribution < 1.29 is 19.3 Å². The van der Waals surface area contributed by atoms with E-state index < -0.39 is 5.79 Å². The van der Waals surface area contributed by atoms with Gasteiger partial charge in [-0.05, 0) is 86.2 Å². The molecule has 2 N–H and O–H groups in total. The Hall–Kier alpha value is -3.58. The highest BCUT2D eigenvalue weighted by molar-refractivity contribution is 7.80. The predicted molar refractivity (Wildman–Crippen MR) is 204 cm³/mol. The molecule has 0 aliphatic carbocycles. The first-order chi connectivity index (χ1) is 24.3. The number of nitrogens with one attached hydrogen (secondary N) is 1. The molecule has 0 saturated carbocycles. The highest BCUT2D eigenvalue weighted by Gasteiger charge is 2.45. The lowest BCUT2D eigenvalue weighted by Crippen LogP contribution is -2.46. The van der Waals surface area contributed by atoms with Crippen molar-refractivity contribution in [1.29, 1.82) is 0 Å². The topological polar surface area (TPSA) is 87.5 Å². The van der Waals surface area contributed by atoms with Gasteiger partial charge >= 0.3 is 0 Å². The van der Waals surface area contributed by atoms with Gasteiger partial charge in [0.25, 0.3) is 0 Å². The van der Waals surface area contributed by atoms with Gasteiger partial charge < -0.3 is 43.9 Å². The third-order valence-corrected chi connectivity index (χ3v) is 10.2. The lowest BCUT2D eigenvalue weighted by molar-refractivity contribution is -0.189. The van der Waals surface area contributed by atoms with Crippen LogP contribution >= 0.6 is 35.4 Å². The molecule has 13 heteroatoms. The fourth-order valence-electron chi connectivity index (χ4n) is 6.34. The molecule has 6 rings (SSSR count). The van der Waals surface area contributed by atoms with Crippen LogP contribution in [0.2, 0.25) is 10.0 Å². The first-order valence-electron chi connectivity index (χ1n) is 17.0. The second-order valence-corrected chi connectivity index (χ2v) is 13.8. The van der Waals surface area contributed by atoms with Crippen molar-refractivity contribution in [3.63, 3.8) is 0 Å². The first kappa shape index (κ1) is 36.2. The highest BCUT2D eigenvalue weighted by Crippen LogP contribution is 2.40. The summed E-state index contributed by atoms with van der Waals surface area (Å²) in [5.41, 5.74) is 4.00. The second-order valence-electron chi connectivity index (χ2n) is 12.6. The minimum Gasteiger partial charge on any atom is -0.491 e. The zero-order valence-corrected chi connectivity index (χ0v) is 30.7. The van der Waals surface area contributed by atoms with E-state index in [1.165, 1.54) is 5.69 Å². The number of hydrogen-bond acceptors (Lipinski definition) is 8. The van der Waals surface area contributed by atoms with Gasteiger partial charge in [-0.2, -0.15) is 0 Å². The van der Waals surface area contributed by atoms with E-state index in [4.69, 9.17) is 49.6 Å². The maximum Gasteiger partial charge on any atom is 0.215 e. The van der Waals surface area contributed by atoms with Gasteiger partial charge in [-0.15, -0.1) is 0 Å². The Kier molecular flexibility index (Phi) is 12.0. The van der Waals surface area contributed by atoms with Crippen LogP contribution in [0.1, 0.15) is 25.8 Å². The van der Waals surface area contributed by atoms with Gasteiger partial charge in [0, 0.05) is 78.8 Å². The first-order valence-corrected chi connectivity index (χ1v) is 18.2. The quantitative estimate of drug-likeness (QED) is 0.145. The molecule has 2 fully saturated rings. The molecule has 50 heavy (non-hydrogen) atoms. The van der Waals surface area contributed by atoms with Gasteiger partial charge in [-0.25, -0.2) is 4.98 Å². The molecule has 3 atom stereocenters. The molecule has 4 aromatic rings. The van der Waals surface area contributed by atoms with Gasteiger partial charge in [-0.1, -0.05) is 36.2 Å². The van der Waals surface area contributed by atoms with Crippen LogP contribution in [0.3, 0.4) is 0 Å². The number of aliphatic hydroxyl groups excluding tert-OH is 1. The summed E-state index contributed by atoms with van der Waals surface area (Å²) in [6.45, 7) is 9.54. The van der Waals surface area contributed by atoms with Crippen LogP contribution < -0.4 is 19.9 Å². The number of ether oxygens (including phenoxy) is 3. The molecule has 3 aromatic carbocycles. The van der Waals surface area contributed by atoms with Gasteiger partial charge in [0.2, 0.25) is 5.79 Å². The number of aliphatic hydroxyl groups is 1. The Balaban J connectivity index is 0.990. The molecule has 0 bridgehead atoms. The van der Waals surface area contributed by atoms with Crippen LogP contribution in [-0.2, 0) is 21.8 Å². The van der Waals surface area contributed by atoms with Crippen molar-refractivity contribution >= 4 is 57.6 Å². The molecule has 1 aromatic heterocycles. The summed E-state index contributed by atoms with van der Waals surface area (Å²) in [7, 11) is 0. The summed E-state index contributed by atoms with van der Waals surface area (Å²) in [6.07, 6.45) is 5.95. The number of rotatable bonds is 13. The maximum atomic E-state index is 9.47. The third-order valence-electron chi connectivity index (χ3n) is 9.28. The Bertz CT molecular complexity index is 1690. The molecular formula is C37H44Cl2N6O4S. The fourth-order valence-corrected chi connectivity index (χ4v) is 7.28. The number of hydrogen-bond donors (Lipinski definition) is 2. The summed E-state index contributed by atoms with van der Waals surface area (Å²) >= 11 is 18.4. The van der Waals surface area contributed by atoms with Crippen molar-refractivity contribution in [2.45, 2.75) is 44.7 Å². The lowest BCUT2D eigenvalue weighted by Gasteiger charge is -2.37. The smallest absolute Gasteiger partial charge is 0.215 e. The molecule has 0 amide bonds. The summed E-state index contributed by atoms with van der Waals surface area (Å²) < 4.78 is 20.9. The number of thiocarbonyl (C=S) groups is 1. The minimum atomic E-state index is -1.09. The Morgan fingerprint density at radius 2 is 1.74 bits per heavy atom. The van der Waals surface area contributed by atoms with Gasteiger partial charge in [0.15, 0.2) is 5.11 Å². The SMILES string of the molecule is CCC(C)N(CCO)C(=S)Nc1ccc(N2CCN(c3ccc(OC[C@@H]4CO[C@@](Cn5ccnc5)(c5ccc(Cl)cc5Cl)O4)cc3)CC2)cc1. The molecule has 2 saturated heterocycles. The van der Waals surface area contributed by atoms with Gasteiger partial charge in [0.1, 0.15) is 18.5 Å². The lowest BCUT2D eigenvalue weighted by atomic mass is 10.1. The zero-order valence-electron chi connectivity index (χ0n) is 28.4. The molecule has 10 nitrogen and oxygen atoms in total. The minimum absolute atomic E-state index is 0.0680. The van der Waals surface area contributed by atoms with Gasteiger partial charge in [0.05, 0.1) is 31.1 Å². The highest BCUT2D eigenvalue weighted by atomic mass is 35.5. The van der Waals surface area contributed by atoms with Crippen molar-refractivity contribution in [3.8, 4) is 5.75 Å². The van der Waals surface area contributed by atoms with E-state index in [0.717, 1.165) is 49.7 Å². The second kappa shape index (κ2) is 16.6. The van der Waals surface area contributed by atoms with E-state index >= 15 is 0 Å². The van der Waals surface area contributed by atoms with Crippen LogP contribution in [0.4, 0.5) is 17.1 Å². The molecule has 266 valence electrons. The molecule has 2 aliphatic rings. The standard InChI is InChI=1S/C37H44Cl2N6O4S/c1-3-27(2)45(20-21-46)36(50)41-29-5-7-30(8-6-29)43-16-18-44(19-17-43)31-9-11-32(12-10-31)47-23-33-24-48-37(49-33,25-42-15-14-40-26-42)34-13-4-28(38)22-35(34)39/h4-15,22,26-27,33,46H,3,16-21,23-25H2,1-2H3,(H,41,50)/t27?,33-,37-/m1/s1. The molecule has 0 radical (unpaired) electrons. The molecule has 0 spiro atoms. The van der Waals surface area contributed by atoms with Crippen LogP contribution in [0.5, 0.6) is 5.75 Å². The summed E-state index contributed by atoms with van der Waals surface area (Å²) in [5.74, 6) is -0.325. The largest absolute Gasteiger partial charge is 0.491 e. The Morgan fingerprint density at radius 3 is 2.34 bits per heavy atom. The Labute approximate surface area is 309 Å². The predicted octanol–water partition coefficient (Wildman–Crippen LogP) is 6.65. The molecule has 3 heterocycles. The number of halogens is 2. The third kappa shape index (κ3) is 8.65. The van der Waals surface area contributed by atoms with Crippen molar-refractivity contribution in [1.82, 2.24) is 14.5 Å². The van der Waals surface area contributed by atoms with Crippen LogP contribution in [0.25, 0.3) is 0 Å². The van der Waals surface area contributed by atoms with Crippen LogP contribution in [0, 0.1) is 0 Å². The number of benzene rings is 3. The number of aromatic nitrogens is 2. The number of imidazole rings is 1. The fraction of sp³-hybridized carbons (Fsp3) is 0.405. The summed E-state index contributed by atoms with van der Waals surface area (Å²) in [6, 6.07) is 22.2. The van der Waals surface area contributed by atoms with Gasteiger partial charge in [-0.3, -0.25) is 0 Å². The van der Waals surface area contributed by atoms with E-state index in [1.807, 2.05) is 33.9 Å². The molecule has 1 unspecified atom stereocenters. The van der Waals surface area contributed by atoms with Crippen molar-refractivity contribution in [3.05, 3.63) is 101 Å². The molecule has 2 aliphatic heterocycles. The van der Waals surface area contributed by atoms with Crippen LogP contribution in [-0.4, -0.2) is 89.4 Å². The number of piperazine rings is 1. The number of anilines is 3. The average molecular weight is 740 g/mol. The average Bonchev–Trinajstić information content (AvgIpc) is 3.80. The molecular weight excluding hydrogens is 695 g/mol. The van der Waals surface area contributed by atoms with E-state index in [0.29, 0.717) is 47.0 Å². The monoisotopic (exact) mass is 738 g/mol. The number of nitrogens with zero attached hydrogens (tertiary/aromatic N) is 5. The van der Waals surface area contributed by atoms with Crippen molar-refractivity contribution in [2.75, 3.05) is 67.7 Å². The normalized spacial score (nSPS) is 19.7. The van der Waals surface area contributed by atoms with Crippen LogP contribution in [0.15, 0.2) is 85.5 Å².